The SMILES string of the molecule is COc1ccc(CN(CCNC(=O)CCCCC(=O)NCCN(Cc2ccc(OC)cc2)C(C)C)C(C)C)cc1.Cl.Cl. The van der Waals surface area contributed by atoms with Crippen molar-refractivity contribution in [3.63, 3.8) is 0 Å². The van der Waals surface area contributed by atoms with E-state index < -0.39 is 0 Å². The fourth-order valence-corrected chi connectivity index (χ4v) is 4.40. The number of amides is 2. The fourth-order valence-electron chi connectivity index (χ4n) is 4.40. The van der Waals surface area contributed by atoms with Gasteiger partial charge in [-0.15, -0.1) is 24.8 Å². The van der Waals surface area contributed by atoms with E-state index in [9.17, 15) is 9.59 Å². The van der Waals surface area contributed by atoms with Crippen LogP contribution in [0.15, 0.2) is 48.5 Å². The Kier molecular flexibility index (Phi) is 20.8. The van der Waals surface area contributed by atoms with Gasteiger partial charge < -0.3 is 20.1 Å². The number of halogens is 2. The number of benzene rings is 2. The van der Waals surface area contributed by atoms with Crippen LogP contribution in [0.5, 0.6) is 11.5 Å². The van der Waals surface area contributed by atoms with Gasteiger partial charge in [-0.2, -0.15) is 0 Å². The number of hydrogen-bond acceptors (Lipinski definition) is 6. The molecular weight excluding hydrogens is 575 g/mol. The number of unbranched alkanes of at least 4 members (excludes halogenated alkanes) is 1. The van der Waals surface area contributed by atoms with Gasteiger partial charge in [-0.05, 0) is 75.9 Å². The van der Waals surface area contributed by atoms with Gasteiger partial charge >= 0.3 is 0 Å². The molecule has 10 heteroatoms. The Morgan fingerprint density at radius 3 is 1.26 bits per heavy atom. The van der Waals surface area contributed by atoms with E-state index in [1.54, 1.807) is 14.2 Å². The maximum Gasteiger partial charge on any atom is 0.220 e. The Bertz CT molecular complexity index is 923. The van der Waals surface area contributed by atoms with Gasteiger partial charge in [0.1, 0.15) is 11.5 Å². The normalized spacial score (nSPS) is 10.8. The summed E-state index contributed by atoms with van der Waals surface area (Å²) in [6.07, 6.45) is 2.29. The molecule has 0 atom stereocenters. The monoisotopic (exact) mass is 626 g/mol. The third-order valence-electron chi connectivity index (χ3n) is 7.05. The second-order valence-electron chi connectivity index (χ2n) is 10.7. The first-order valence-electron chi connectivity index (χ1n) is 14.5. The molecule has 42 heavy (non-hydrogen) atoms. The highest BCUT2D eigenvalue weighted by atomic mass is 35.5. The van der Waals surface area contributed by atoms with Crippen molar-refractivity contribution >= 4 is 36.6 Å². The van der Waals surface area contributed by atoms with E-state index in [0.717, 1.165) is 37.7 Å². The lowest BCUT2D eigenvalue weighted by Crippen LogP contribution is -2.38. The molecule has 0 aromatic heterocycles. The van der Waals surface area contributed by atoms with Crippen molar-refractivity contribution in [3.8, 4) is 11.5 Å². The van der Waals surface area contributed by atoms with Gasteiger partial charge in [0.15, 0.2) is 0 Å². The number of carbonyl (C=O) groups is 2. The van der Waals surface area contributed by atoms with Crippen LogP contribution in [0.4, 0.5) is 0 Å². The van der Waals surface area contributed by atoms with E-state index >= 15 is 0 Å². The van der Waals surface area contributed by atoms with E-state index in [4.69, 9.17) is 9.47 Å². The molecule has 0 aliphatic carbocycles. The van der Waals surface area contributed by atoms with Crippen molar-refractivity contribution in [2.75, 3.05) is 40.4 Å². The summed E-state index contributed by atoms with van der Waals surface area (Å²) in [7, 11) is 3.33. The molecule has 0 saturated carbocycles. The number of methoxy groups -OCH3 is 2. The van der Waals surface area contributed by atoms with Crippen LogP contribution in [0.2, 0.25) is 0 Å². The van der Waals surface area contributed by atoms with Gasteiger partial charge in [-0.1, -0.05) is 24.3 Å². The summed E-state index contributed by atoms with van der Waals surface area (Å²) in [5.41, 5.74) is 2.43. The summed E-state index contributed by atoms with van der Waals surface area (Å²) in [5, 5.41) is 6.06. The standard InChI is InChI=1S/C32H50N4O4.2ClH/c1-25(2)35(23-27-11-15-29(39-5)16-12-27)21-19-33-31(37)9-7-8-10-32(38)34-20-22-36(26(3)4)24-28-13-17-30(40-6)18-14-28;;/h11-18,25-26H,7-10,19-24H2,1-6H3,(H,33,37)(H,34,38);2*1H. The molecule has 2 rings (SSSR count). The molecule has 0 bridgehead atoms. The van der Waals surface area contributed by atoms with Crippen molar-refractivity contribution in [1.29, 1.82) is 0 Å². The summed E-state index contributed by atoms with van der Waals surface area (Å²) in [5.74, 6) is 1.78. The summed E-state index contributed by atoms with van der Waals surface area (Å²) in [4.78, 5) is 29.3. The van der Waals surface area contributed by atoms with Crippen LogP contribution in [0.25, 0.3) is 0 Å². The van der Waals surface area contributed by atoms with Gasteiger partial charge in [-0.25, -0.2) is 0 Å². The lowest BCUT2D eigenvalue weighted by atomic mass is 10.1. The van der Waals surface area contributed by atoms with E-state index in [1.165, 1.54) is 11.1 Å². The molecule has 2 amide bonds. The molecular formula is C32H52Cl2N4O4. The number of carbonyl (C=O) groups excluding carboxylic acids is 2. The maximum atomic E-state index is 12.3. The van der Waals surface area contributed by atoms with Gasteiger partial charge in [0.05, 0.1) is 14.2 Å². The average Bonchev–Trinajstić information content (AvgIpc) is 2.94. The number of nitrogens with zero attached hydrogens (tertiary/aromatic N) is 2. The highest BCUT2D eigenvalue weighted by Gasteiger charge is 2.13. The quantitative estimate of drug-likeness (QED) is 0.201. The summed E-state index contributed by atoms with van der Waals surface area (Å²) in [6.45, 7) is 13.1. The molecule has 0 aliphatic rings. The molecule has 2 N–H and O–H groups in total. The molecule has 0 heterocycles. The molecule has 0 fully saturated rings. The highest BCUT2D eigenvalue weighted by Crippen LogP contribution is 2.15. The zero-order chi connectivity index (χ0) is 29.3. The van der Waals surface area contributed by atoms with Gasteiger partial charge in [0.2, 0.25) is 11.8 Å². The van der Waals surface area contributed by atoms with Crippen LogP contribution < -0.4 is 20.1 Å². The third kappa shape index (κ3) is 15.6. The van der Waals surface area contributed by atoms with Crippen molar-refractivity contribution in [2.45, 2.75) is 78.6 Å². The van der Waals surface area contributed by atoms with E-state index in [0.29, 0.717) is 50.9 Å². The Balaban J connectivity index is 0.00000840. The van der Waals surface area contributed by atoms with Gasteiger partial charge in [0, 0.05) is 64.2 Å². The molecule has 2 aromatic rings. The number of ether oxygens (including phenoxy) is 2. The van der Waals surface area contributed by atoms with Gasteiger partial charge in [0.25, 0.3) is 0 Å². The van der Waals surface area contributed by atoms with Crippen molar-refractivity contribution in [2.24, 2.45) is 0 Å². The minimum absolute atomic E-state index is 0. The molecule has 0 aliphatic heterocycles. The highest BCUT2D eigenvalue weighted by molar-refractivity contribution is 5.85. The molecule has 238 valence electrons. The maximum absolute atomic E-state index is 12.3. The molecule has 0 radical (unpaired) electrons. The lowest BCUT2D eigenvalue weighted by molar-refractivity contribution is -0.123. The Morgan fingerprint density at radius 1 is 0.643 bits per heavy atom. The van der Waals surface area contributed by atoms with Crippen LogP contribution in [-0.4, -0.2) is 74.1 Å². The number of rotatable bonds is 19. The third-order valence-corrected chi connectivity index (χ3v) is 7.05. The minimum atomic E-state index is 0. The summed E-state index contributed by atoms with van der Waals surface area (Å²) < 4.78 is 10.5. The fraction of sp³-hybridized carbons (Fsp3) is 0.562. The molecule has 0 saturated heterocycles. The van der Waals surface area contributed by atoms with E-state index in [2.05, 4.69) is 72.4 Å². The first-order chi connectivity index (χ1) is 19.2. The van der Waals surface area contributed by atoms with E-state index in [-0.39, 0.29) is 36.6 Å². The Labute approximate surface area is 265 Å². The summed E-state index contributed by atoms with van der Waals surface area (Å²) >= 11 is 0. The lowest BCUT2D eigenvalue weighted by Gasteiger charge is -2.26. The number of hydrogen-bond donors (Lipinski definition) is 2. The largest absolute Gasteiger partial charge is 0.497 e. The van der Waals surface area contributed by atoms with Crippen LogP contribution >= 0.6 is 24.8 Å². The predicted octanol–water partition coefficient (Wildman–Crippen LogP) is 5.46. The zero-order valence-corrected chi connectivity index (χ0v) is 27.8. The van der Waals surface area contributed by atoms with Crippen molar-refractivity contribution in [1.82, 2.24) is 20.4 Å². The molecule has 2 aromatic carbocycles. The second kappa shape index (κ2) is 22.1. The predicted molar refractivity (Wildman–Crippen MR) is 176 cm³/mol. The first kappa shape index (κ1) is 39.5. The van der Waals surface area contributed by atoms with E-state index in [1.807, 2.05) is 24.3 Å². The van der Waals surface area contributed by atoms with Crippen LogP contribution in [0, 0.1) is 0 Å². The van der Waals surface area contributed by atoms with Crippen molar-refractivity contribution < 1.29 is 19.1 Å². The first-order valence-corrected chi connectivity index (χ1v) is 14.5. The number of nitrogens with one attached hydrogen (secondary N) is 2. The molecule has 0 unspecified atom stereocenters. The molecule has 8 nitrogen and oxygen atoms in total. The average molecular weight is 628 g/mol. The summed E-state index contributed by atoms with van der Waals surface area (Å²) in [6, 6.07) is 16.9. The Morgan fingerprint density at radius 2 is 0.976 bits per heavy atom. The van der Waals surface area contributed by atoms with Crippen molar-refractivity contribution in [3.05, 3.63) is 59.7 Å². The van der Waals surface area contributed by atoms with Crippen LogP contribution in [0.1, 0.15) is 64.5 Å². The van der Waals surface area contributed by atoms with Crippen LogP contribution in [0.3, 0.4) is 0 Å². The Hall–Kier alpha value is -2.52. The smallest absolute Gasteiger partial charge is 0.220 e. The molecule has 0 spiro atoms. The minimum Gasteiger partial charge on any atom is -0.497 e. The second-order valence-corrected chi connectivity index (χ2v) is 10.7. The van der Waals surface area contributed by atoms with Gasteiger partial charge in [-0.3, -0.25) is 19.4 Å². The topological polar surface area (TPSA) is 83.1 Å². The van der Waals surface area contributed by atoms with Crippen LogP contribution in [-0.2, 0) is 22.7 Å². The zero-order valence-electron chi connectivity index (χ0n) is 26.2.